The average Bonchev–Trinajstić information content (AvgIpc) is 2.21. The minimum atomic E-state index is -3.89. The van der Waals surface area contributed by atoms with Crippen molar-refractivity contribution in [3.8, 4) is 5.75 Å². The van der Waals surface area contributed by atoms with E-state index in [2.05, 4.69) is 11.3 Å². The maximum absolute atomic E-state index is 11.7. The number of phenols is 1. The zero-order chi connectivity index (χ0) is 12.3. The second-order valence-corrected chi connectivity index (χ2v) is 5.07. The van der Waals surface area contributed by atoms with Gasteiger partial charge in [0.1, 0.15) is 4.90 Å². The molecule has 0 fully saturated rings. The highest BCUT2D eigenvalue weighted by Gasteiger charge is 2.23. The van der Waals surface area contributed by atoms with Gasteiger partial charge in [0, 0.05) is 6.54 Å². The zero-order valence-electron chi connectivity index (χ0n) is 8.27. The van der Waals surface area contributed by atoms with Crippen LogP contribution in [0.3, 0.4) is 0 Å². The van der Waals surface area contributed by atoms with Gasteiger partial charge in [-0.15, -0.1) is 6.58 Å². The summed E-state index contributed by atoms with van der Waals surface area (Å²) in [7, 11) is -3.89. The van der Waals surface area contributed by atoms with Crippen LogP contribution in [-0.2, 0) is 10.0 Å². The molecular formula is C9H11ClN2O3S. The number of phenolic OH excluding ortho intramolecular Hbond substituents is 1. The lowest BCUT2D eigenvalue weighted by Gasteiger charge is -2.10. The van der Waals surface area contributed by atoms with Crippen LogP contribution in [0.4, 0.5) is 5.69 Å². The summed E-state index contributed by atoms with van der Waals surface area (Å²) in [5, 5.41) is 9.46. The van der Waals surface area contributed by atoms with Crippen molar-refractivity contribution in [2.24, 2.45) is 0 Å². The number of hydrogen-bond acceptors (Lipinski definition) is 4. The Kier molecular flexibility index (Phi) is 3.79. The van der Waals surface area contributed by atoms with Gasteiger partial charge < -0.3 is 10.8 Å². The van der Waals surface area contributed by atoms with Crippen molar-refractivity contribution in [2.75, 3.05) is 12.3 Å². The van der Waals surface area contributed by atoms with Crippen LogP contribution in [-0.4, -0.2) is 20.1 Å². The smallest absolute Gasteiger partial charge is 0.246 e. The van der Waals surface area contributed by atoms with Crippen molar-refractivity contribution < 1.29 is 13.5 Å². The first-order valence-electron chi connectivity index (χ1n) is 4.27. The normalized spacial score (nSPS) is 11.3. The lowest BCUT2D eigenvalue weighted by molar-refractivity contribution is 0.461. The number of hydrogen-bond donors (Lipinski definition) is 3. The SMILES string of the molecule is C=CCNS(=O)(=O)c1c(Cl)ccc(N)c1O. The van der Waals surface area contributed by atoms with E-state index in [0.29, 0.717) is 0 Å². The molecular weight excluding hydrogens is 252 g/mol. The Hall–Kier alpha value is -1.24. The minimum Gasteiger partial charge on any atom is -0.504 e. The fourth-order valence-electron chi connectivity index (χ4n) is 1.06. The van der Waals surface area contributed by atoms with Crippen LogP contribution in [0.25, 0.3) is 0 Å². The highest BCUT2D eigenvalue weighted by atomic mass is 35.5. The summed E-state index contributed by atoms with van der Waals surface area (Å²) in [5.74, 6) is -0.552. The Balaban J connectivity index is 3.32. The monoisotopic (exact) mass is 262 g/mol. The molecule has 0 unspecified atom stereocenters. The van der Waals surface area contributed by atoms with Crippen LogP contribution >= 0.6 is 11.6 Å². The fourth-order valence-corrected chi connectivity index (χ4v) is 2.69. The summed E-state index contributed by atoms with van der Waals surface area (Å²) in [4.78, 5) is -0.420. The lowest BCUT2D eigenvalue weighted by Crippen LogP contribution is -2.24. The molecule has 4 N–H and O–H groups in total. The van der Waals surface area contributed by atoms with Crippen LogP contribution in [0, 0.1) is 0 Å². The van der Waals surface area contributed by atoms with Crippen molar-refractivity contribution >= 4 is 27.3 Å². The largest absolute Gasteiger partial charge is 0.504 e. The van der Waals surface area contributed by atoms with E-state index < -0.39 is 20.7 Å². The summed E-state index contributed by atoms with van der Waals surface area (Å²) >= 11 is 5.70. The Morgan fingerprint density at radius 1 is 1.56 bits per heavy atom. The summed E-state index contributed by atoms with van der Waals surface area (Å²) in [6.07, 6.45) is 1.37. The van der Waals surface area contributed by atoms with Crippen LogP contribution < -0.4 is 10.5 Å². The summed E-state index contributed by atoms with van der Waals surface area (Å²) in [6.45, 7) is 3.41. The van der Waals surface area contributed by atoms with Gasteiger partial charge in [-0.1, -0.05) is 17.7 Å². The number of nitrogen functional groups attached to an aromatic ring is 1. The van der Waals surface area contributed by atoms with E-state index in [9.17, 15) is 13.5 Å². The van der Waals surface area contributed by atoms with Crippen molar-refractivity contribution in [1.29, 1.82) is 0 Å². The third kappa shape index (κ3) is 2.46. The van der Waals surface area contributed by atoms with Gasteiger partial charge in [0.2, 0.25) is 10.0 Å². The number of anilines is 1. The van der Waals surface area contributed by atoms with Gasteiger partial charge in [-0.2, -0.15) is 0 Å². The number of rotatable bonds is 4. The van der Waals surface area contributed by atoms with Crippen LogP contribution in [0.15, 0.2) is 29.7 Å². The zero-order valence-corrected chi connectivity index (χ0v) is 9.85. The first kappa shape index (κ1) is 12.8. The minimum absolute atomic E-state index is 0.0346. The number of aromatic hydroxyl groups is 1. The molecule has 1 aromatic rings. The lowest BCUT2D eigenvalue weighted by atomic mass is 10.3. The number of halogens is 1. The topological polar surface area (TPSA) is 92.4 Å². The second kappa shape index (κ2) is 4.73. The fraction of sp³-hybridized carbons (Fsp3) is 0.111. The van der Waals surface area contributed by atoms with Crippen molar-refractivity contribution in [1.82, 2.24) is 4.72 Å². The van der Waals surface area contributed by atoms with Gasteiger partial charge in [-0.25, -0.2) is 13.1 Å². The number of nitrogens with one attached hydrogen (secondary N) is 1. The Morgan fingerprint density at radius 3 is 2.75 bits per heavy atom. The molecule has 0 aliphatic heterocycles. The van der Waals surface area contributed by atoms with Crippen LogP contribution in [0.5, 0.6) is 5.75 Å². The van der Waals surface area contributed by atoms with E-state index in [1.165, 1.54) is 18.2 Å². The molecule has 0 aliphatic rings. The molecule has 7 heteroatoms. The average molecular weight is 263 g/mol. The molecule has 0 saturated heterocycles. The number of benzene rings is 1. The molecule has 0 atom stereocenters. The molecule has 88 valence electrons. The predicted molar refractivity (Wildman–Crippen MR) is 62.9 cm³/mol. The number of sulfonamides is 1. The molecule has 0 bridgehead atoms. The Labute approximate surface area is 98.6 Å². The van der Waals surface area contributed by atoms with Gasteiger partial charge in [0.25, 0.3) is 0 Å². The summed E-state index contributed by atoms with van der Waals surface area (Å²) < 4.78 is 25.6. The Bertz CT molecular complexity index is 514. The van der Waals surface area contributed by atoms with Crippen molar-refractivity contribution in [2.45, 2.75) is 4.90 Å². The molecule has 5 nitrogen and oxygen atoms in total. The molecule has 0 heterocycles. The first-order valence-corrected chi connectivity index (χ1v) is 6.13. The quantitative estimate of drug-likeness (QED) is 0.430. The van der Waals surface area contributed by atoms with Gasteiger partial charge >= 0.3 is 0 Å². The van der Waals surface area contributed by atoms with E-state index in [1.54, 1.807) is 0 Å². The molecule has 0 amide bonds. The second-order valence-electron chi connectivity index (χ2n) is 2.95. The third-order valence-corrected chi connectivity index (χ3v) is 3.73. The van der Waals surface area contributed by atoms with E-state index in [4.69, 9.17) is 17.3 Å². The number of nitrogens with two attached hydrogens (primary N) is 1. The van der Waals surface area contributed by atoms with Gasteiger partial charge in [0.05, 0.1) is 10.7 Å². The summed E-state index contributed by atoms with van der Waals surface area (Å²) in [5.41, 5.74) is 5.34. The molecule has 0 spiro atoms. The molecule has 0 saturated carbocycles. The van der Waals surface area contributed by atoms with E-state index in [-0.39, 0.29) is 17.3 Å². The molecule has 16 heavy (non-hydrogen) atoms. The van der Waals surface area contributed by atoms with Crippen LogP contribution in [0.2, 0.25) is 5.02 Å². The highest BCUT2D eigenvalue weighted by Crippen LogP contribution is 2.34. The van der Waals surface area contributed by atoms with Gasteiger partial charge in [0.15, 0.2) is 5.75 Å². The predicted octanol–water partition coefficient (Wildman–Crippen LogP) is 1.09. The van der Waals surface area contributed by atoms with Gasteiger partial charge in [-0.3, -0.25) is 0 Å². The maximum atomic E-state index is 11.7. The molecule has 1 rings (SSSR count). The summed E-state index contributed by atoms with van der Waals surface area (Å²) in [6, 6.07) is 2.63. The van der Waals surface area contributed by atoms with E-state index in [0.717, 1.165) is 0 Å². The van der Waals surface area contributed by atoms with Gasteiger partial charge in [-0.05, 0) is 12.1 Å². The van der Waals surface area contributed by atoms with E-state index in [1.807, 2.05) is 0 Å². The molecule has 0 aromatic heterocycles. The third-order valence-electron chi connectivity index (χ3n) is 1.80. The Morgan fingerprint density at radius 2 is 2.19 bits per heavy atom. The van der Waals surface area contributed by atoms with Crippen molar-refractivity contribution in [3.63, 3.8) is 0 Å². The molecule has 0 radical (unpaired) electrons. The maximum Gasteiger partial charge on any atom is 0.246 e. The highest BCUT2D eigenvalue weighted by molar-refractivity contribution is 7.89. The molecule has 0 aliphatic carbocycles. The molecule has 1 aromatic carbocycles. The van der Waals surface area contributed by atoms with E-state index >= 15 is 0 Å². The van der Waals surface area contributed by atoms with Crippen molar-refractivity contribution in [3.05, 3.63) is 29.8 Å². The van der Waals surface area contributed by atoms with Crippen LogP contribution in [0.1, 0.15) is 0 Å². The standard InChI is InChI=1S/C9H11ClN2O3S/c1-2-5-12-16(14,15)9-6(10)3-4-7(11)8(9)13/h2-4,12-13H,1,5,11H2. The first-order chi connectivity index (χ1) is 7.40.